The summed E-state index contributed by atoms with van der Waals surface area (Å²) in [5.41, 5.74) is 1.62. The molecule has 0 spiro atoms. The molecule has 0 unspecified atom stereocenters. The number of oxazole rings is 1. The molecule has 162 valence electrons. The van der Waals surface area contributed by atoms with Gasteiger partial charge in [-0.1, -0.05) is 12.1 Å². The Morgan fingerprint density at radius 1 is 1.20 bits per heavy atom. The average Bonchev–Trinajstić information content (AvgIpc) is 3.04. The maximum Gasteiger partial charge on any atom is 0.492 e. The van der Waals surface area contributed by atoms with Crippen molar-refractivity contribution in [3.63, 3.8) is 0 Å². The molecule has 0 atom stereocenters. The first-order valence-corrected chi connectivity index (χ1v) is 10.2. The number of fused-ring (bicyclic) bond motifs is 1. The van der Waals surface area contributed by atoms with Gasteiger partial charge in [0.25, 0.3) is 0 Å². The highest BCUT2D eigenvalue weighted by molar-refractivity contribution is 6.56. The predicted molar refractivity (Wildman–Crippen MR) is 117 cm³/mol. The second-order valence-corrected chi connectivity index (χ2v) is 9.62. The summed E-state index contributed by atoms with van der Waals surface area (Å²) in [5.74, 6) is 0.615. The van der Waals surface area contributed by atoms with Gasteiger partial charge in [0, 0.05) is 13.5 Å². The van der Waals surface area contributed by atoms with Crippen molar-refractivity contribution in [3.05, 3.63) is 35.1 Å². The van der Waals surface area contributed by atoms with E-state index in [9.17, 15) is 4.79 Å². The lowest BCUT2D eigenvalue weighted by Crippen LogP contribution is -2.41. The summed E-state index contributed by atoms with van der Waals surface area (Å²) in [5, 5.41) is 2.81. The number of carbonyl (C=O) groups is 1. The van der Waals surface area contributed by atoms with E-state index in [1.54, 1.807) is 0 Å². The van der Waals surface area contributed by atoms with Crippen LogP contribution in [-0.2, 0) is 14.0 Å². The molecule has 1 aliphatic rings. The summed E-state index contributed by atoms with van der Waals surface area (Å²) in [4.78, 5) is 16.5. The Morgan fingerprint density at radius 3 is 2.43 bits per heavy atom. The van der Waals surface area contributed by atoms with Crippen LogP contribution < -0.4 is 5.32 Å². The van der Waals surface area contributed by atoms with E-state index >= 15 is 0 Å². The Labute approximate surface area is 178 Å². The third-order valence-corrected chi connectivity index (χ3v) is 5.26. The third kappa shape index (κ3) is 5.05. The van der Waals surface area contributed by atoms with Gasteiger partial charge in [0.1, 0.15) is 11.1 Å². The number of nitrogens with one attached hydrogen (secondary N) is 1. The van der Waals surface area contributed by atoms with E-state index in [0.29, 0.717) is 11.5 Å². The van der Waals surface area contributed by atoms with Crippen LogP contribution in [0.2, 0.25) is 0 Å². The molecule has 1 saturated heterocycles. The molecule has 3 rings (SSSR count). The number of nitrogens with zero attached hydrogens (tertiary/aromatic N) is 1. The second kappa shape index (κ2) is 7.74. The zero-order valence-electron chi connectivity index (χ0n) is 19.1. The molecule has 0 aliphatic carbocycles. The van der Waals surface area contributed by atoms with Crippen molar-refractivity contribution >= 4 is 30.4 Å². The van der Waals surface area contributed by atoms with E-state index in [1.165, 1.54) is 0 Å². The van der Waals surface area contributed by atoms with Crippen molar-refractivity contribution < 1.29 is 23.3 Å². The molecule has 1 N–H and O–H groups in total. The van der Waals surface area contributed by atoms with Crippen molar-refractivity contribution in [2.75, 3.05) is 6.54 Å². The fraction of sp³-hybridized carbons (Fsp3) is 0.545. The van der Waals surface area contributed by atoms with Gasteiger partial charge in [0.05, 0.1) is 11.2 Å². The molecule has 1 fully saturated rings. The maximum atomic E-state index is 12.2. The van der Waals surface area contributed by atoms with Crippen molar-refractivity contribution in [1.82, 2.24) is 10.3 Å². The topological polar surface area (TPSA) is 82.8 Å². The molecule has 2 aromatic rings. The van der Waals surface area contributed by atoms with Crippen LogP contribution >= 0.6 is 0 Å². The number of rotatable bonds is 4. The van der Waals surface area contributed by atoms with Crippen LogP contribution in [-0.4, -0.2) is 41.5 Å². The molecule has 1 aromatic carbocycles. The van der Waals surface area contributed by atoms with Crippen LogP contribution in [0.25, 0.3) is 17.2 Å². The molecule has 2 heterocycles. The molecular formula is C22H31BN2O5. The monoisotopic (exact) mass is 414 g/mol. The van der Waals surface area contributed by atoms with Crippen LogP contribution in [0.15, 0.2) is 28.1 Å². The quantitative estimate of drug-likeness (QED) is 0.732. The first kappa shape index (κ1) is 22.4. The number of amides is 1. The third-order valence-electron chi connectivity index (χ3n) is 5.26. The molecule has 1 aliphatic heterocycles. The highest BCUT2D eigenvalue weighted by Gasteiger charge is 2.52. The van der Waals surface area contributed by atoms with Crippen molar-refractivity contribution in [2.24, 2.45) is 0 Å². The summed E-state index contributed by atoms with van der Waals surface area (Å²) in [6.07, 6.45) is 1.45. The molecule has 1 amide bonds. The van der Waals surface area contributed by atoms with Gasteiger partial charge in [0.2, 0.25) is 0 Å². The zero-order valence-corrected chi connectivity index (χ0v) is 19.1. The first-order valence-electron chi connectivity index (χ1n) is 10.2. The molecule has 0 saturated carbocycles. The number of hydrogen-bond acceptors (Lipinski definition) is 6. The van der Waals surface area contributed by atoms with E-state index in [-0.39, 0.29) is 6.54 Å². The van der Waals surface area contributed by atoms with E-state index in [0.717, 1.165) is 16.6 Å². The highest BCUT2D eigenvalue weighted by atomic mass is 16.7. The number of benzene rings is 1. The molecule has 0 bridgehead atoms. The molecular weight excluding hydrogens is 383 g/mol. The number of aryl methyl sites for hydroxylation is 1. The summed E-state index contributed by atoms with van der Waals surface area (Å²) >= 11 is 0. The van der Waals surface area contributed by atoms with Gasteiger partial charge >= 0.3 is 13.2 Å². The first-order chi connectivity index (χ1) is 13.8. The molecule has 30 heavy (non-hydrogen) atoms. The van der Waals surface area contributed by atoms with Crippen molar-refractivity contribution in [2.45, 2.75) is 72.2 Å². The Balaban J connectivity index is 1.88. The lowest BCUT2D eigenvalue weighted by atomic mass is 9.77. The zero-order chi connectivity index (χ0) is 22.3. The largest absolute Gasteiger partial charge is 0.492 e. The van der Waals surface area contributed by atoms with Gasteiger partial charge in [-0.05, 0) is 71.6 Å². The normalized spacial score (nSPS) is 18.7. The number of carbonyl (C=O) groups excluding carboxylic acids is 1. The SMILES string of the molecule is Cc1nc2ccc(C=C(CNC(=O)OC(C)(C)C)B3OC(C)(C)C(C)(C)O3)cc2o1. The van der Waals surface area contributed by atoms with Gasteiger partial charge in [-0.3, -0.25) is 0 Å². The van der Waals surface area contributed by atoms with E-state index in [1.807, 2.05) is 79.7 Å². The molecule has 0 radical (unpaired) electrons. The second-order valence-electron chi connectivity index (χ2n) is 9.62. The standard InChI is InChI=1S/C22H31BN2O5/c1-14-25-17-10-9-15(12-18(17)27-14)11-16(13-24-19(26)28-20(2,3)4)23-29-21(5,6)22(7,8)30-23/h9-12H,13H2,1-8H3,(H,24,26). The lowest BCUT2D eigenvalue weighted by Gasteiger charge is -2.32. The highest BCUT2D eigenvalue weighted by Crippen LogP contribution is 2.38. The fourth-order valence-electron chi connectivity index (χ4n) is 3.05. The van der Waals surface area contributed by atoms with Crippen LogP contribution in [0, 0.1) is 6.92 Å². The van der Waals surface area contributed by atoms with Crippen molar-refractivity contribution in [3.8, 4) is 0 Å². The molecule has 8 heteroatoms. The minimum absolute atomic E-state index is 0.221. The lowest BCUT2D eigenvalue weighted by molar-refractivity contribution is 0.00578. The number of ether oxygens (including phenoxy) is 1. The fourth-order valence-corrected chi connectivity index (χ4v) is 3.05. The Morgan fingerprint density at radius 2 is 1.83 bits per heavy atom. The van der Waals surface area contributed by atoms with Crippen molar-refractivity contribution in [1.29, 1.82) is 0 Å². The number of aromatic nitrogens is 1. The number of hydrogen-bond donors (Lipinski definition) is 1. The Bertz CT molecular complexity index is 956. The van der Waals surface area contributed by atoms with Crippen LogP contribution in [0.4, 0.5) is 4.79 Å². The van der Waals surface area contributed by atoms with Crippen LogP contribution in [0.1, 0.15) is 59.9 Å². The maximum absolute atomic E-state index is 12.2. The van der Waals surface area contributed by atoms with Gasteiger partial charge in [-0.25, -0.2) is 9.78 Å². The predicted octanol–water partition coefficient (Wildman–Crippen LogP) is 4.68. The minimum atomic E-state index is -0.600. The average molecular weight is 414 g/mol. The summed E-state index contributed by atoms with van der Waals surface area (Å²) in [7, 11) is -0.600. The minimum Gasteiger partial charge on any atom is -0.444 e. The smallest absolute Gasteiger partial charge is 0.444 e. The van der Waals surface area contributed by atoms with Gasteiger partial charge < -0.3 is 23.8 Å². The van der Waals surface area contributed by atoms with Gasteiger partial charge in [0.15, 0.2) is 11.5 Å². The Kier molecular flexibility index (Phi) is 5.77. The number of alkyl carbamates (subject to hydrolysis) is 1. The van der Waals surface area contributed by atoms with Gasteiger partial charge in [-0.15, -0.1) is 0 Å². The summed E-state index contributed by atoms with van der Waals surface area (Å²) < 4.78 is 23.4. The Hall–Kier alpha value is -2.32. The van der Waals surface area contributed by atoms with Crippen LogP contribution in [0.3, 0.4) is 0 Å². The van der Waals surface area contributed by atoms with E-state index < -0.39 is 30.0 Å². The molecule has 1 aromatic heterocycles. The van der Waals surface area contributed by atoms with Crippen LogP contribution in [0.5, 0.6) is 0 Å². The molecule has 7 nitrogen and oxygen atoms in total. The summed E-state index contributed by atoms with van der Waals surface area (Å²) in [6.45, 7) is 15.5. The summed E-state index contributed by atoms with van der Waals surface area (Å²) in [6, 6.07) is 5.76. The van der Waals surface area contributed by atoms with Gasteiger partial charge in [-0.2, -0.15) is 0 Å². The van der Waals surface area contributed by atoms with E-state index in [4.69, 9.17) is 18.5 Å². The van der Waals surface area contributed by atoms with E-state index in [2.05, 4.69) is 10.3 Å².